The summed E-state index contributed by atoms with van der Waals surface area (Å²) in [5, 5.41) is 6.25. The first-order valence-corrected chi connectivity index (χ1v) is 7.62. The number of hydrogen-bond acceptors (Lipinski definition) is 4. The number of para-hydroxylation sites is 1. The van der Waals surface area contributed by atoms with Gasteiger partial charge in [0.05, 0.1) is 17.3 Å². The zero-order valence-electron chi connectivity index (χ0n) is 12.3. The molecule has 1 aromatic heterocycles. The van der Waals surface area contributed by atoms with Gasteiger partial charge in [-0.2, -0.15) is 0 Å². The molecule has 0 amide bonds. The maximum atomic E-state index is 5.92. The Balaban J connectivity index is 1.91. The van der Waals surface area contributed by atoms with Crippen molar-refractivity contribution in [2.75, 3.05) is 19.0 Å². The summed E-state index contributed by atoms with van der Waals surface area (Å²) in [4.78, 5) is 8.73. The van der Waals surface area contributed by atoms with Crippen LogP contribution in [-0.2, 0) is 17.8 Å². The normalized spacial score (nSPS) is 11.6. The molecule has 0 saturated heterocycles. The Morgan fingerprint density at radius 3 is 2.95 bits per heavy atom. The van der Waals surface area contributed by atoms with Gasteiger partial charge in [-0.1, -0.05) is 18.2 Å². The smallest absolute Gasteiger partial charge is 0.193 e. The zero-order valence-corrected chi connectivity index (χ0v) is 13.1. The Labute approximate surface area is 128 Å². The second kappa shape index (κ2) is 7.75. The van der Waals surface area contributed by atoms with Gasteiger partial charge in [-0.25, -0.2) is 4.98 Å². The highest BCUT2D eigenvalue weighted by Gasteiger charge is 2.02. The average molecular weight is 304 g/mol. The van der Waals surface area contributed by atoms with E-state index in [0.29, 0.717) is 19.1 Å². The first kappa shape index (κ1) is 15.5. The van der Waals surface area contributed by atoms with Crippen LogP contribution in [0.25, 0.3) is 0 Å². The number of ether oxygens (including phenoxy) is 1. The van der Waals surface area contributed by atoms with E-state index in [1.54, 1.807) is 18.4 Å². The minimum Gasteiger partial charge on any atom is -0.380 e. The lowest BCUT2D eigenvalue weighted by Crippen LogP contribution is -2.23. The van der Waals surface area contributed by atoms with Crippen LogP contribution in [0.1, 0.15) is 16.3 Å². The largest absolute Gasteiger partial charge is 0.380 e. The number of aromatic nitrogens is 1. The Bertz CT molecular complexity index is 609. The Morgan fingerprint density at radius 1 is 1.43 bits per heavy atom. The summed E-state index contributed by atoms with van der Waals surface area (Å²) in [6.45, 7) is 3.16. The molecule has 1 aromatic carbocycles. The molecule has 3 N–H and O–H groups in total. The number of nitrogens with two attached hydrogens (primary N) is 1. The number of anilines is 1. The third kappa shape index (κ3) is 4.84. The lowest BCUT2D eigenvalue weighted by molar-refractivity contribution is 0.185. The molecule has 0 spiro atoms. The van der Waals surface area contributed by atoms with Gasteiger partial charge < -0.3 is 15.8 Å². The van der Waals surface area contributed by atoms with Gasteiger partial charge in [0.15, 0.2) is 5.96 Å². The zero-order chi connectivity index (χ0) is 15.1. The van der Waals surface area contributed by atoms with Gasteiger partial charge >= 0.3 is 0 Å². The van der Waals surface area contributed by atoms with Crippen LogP contribution in [0.15, 0.2) is 34.6 Å². The van der Waals surface area contributed by atoms with Gasteiger partial charge in [-0.05, 0) is 13.0 Å². The van der Waals surface area contributed by atoms with E-state index in [1.807, 2.05) is 31.2 Å². The summed E-state index contributed by atoms with van der Waals surface area (Å²) in [6.07, 6.45) is 0.798. The number of aryl methyl sites for hydroxylation is 1. The molecule has 0 aliphatic carbocycles. The predicted molar refractivity (Wildman–Crippen MR) is 87.8 cm³/mol. The molecule has 0 unspecified atom stereocenters. The van der Waals surface area contributed by atoms with Crippen LogP contribution in [0, 0.1) is 6.92 Å². The number of benzene rings is 1. The molecule has 1 heterocycles. The van der Waals surface area contributed by atoms with Crippen molar-refractivity contribution >= 4 is 23.0 Å². The van der Waals surface area contributed by atoms with E-state index in [1.165, 1.54) is 0 Å². The molecule has 112 valence electrons. The second-order valence-electron chi connectivity index (χ2n) is 4.59. The molecule has 0 aliphatic heterocycles. The van der Waals surface area contributed by atoms with E-state index < -0.39 is 0 Å². The van der Waals surface area contributed by atoms with Gasteiger partial charge in [-0.3, -0.25) is 4.99 Å². The van der Waals surface area contributed by atoms with Crippen LogP contribution >= 0.6 is 11.3 Å². The van der Waals surface area contributed by atoms with Crippen LogP contribution < -0.4 is 11.1 Å². The maximum Gasteiger partial charge on any atom is 0.193 e. The van der Waals surface area contributed by atoms with E-state index in [0.717, 1.165) is 28.4 Å². The quantitative estimate of drug-likeness (QED) is 0.635. The minimum absolute atomic E-state index is 0.408. The molecule has 0 saturated carbocycles. The number of guanidine groups is 1. The highest BCUT2D eigenvalue weighted by molar-refractivity contribution is 7.09. The molecule has 6 heteroatoms. The van der Waals surface area contributed by atoms with Gasteiger partial charge in [0, 0.05) is 36.7 Å². The number of nitrogens with zero attached hydrogens (tertiary/aromatic N) is 2. The average Bonchev–Trinajstić information content (AvgIpc) is 2.87. The first-order valence-electron chi connectivity index (χ1n) is 6.74. The molecular weight excluding hydrogens is 284 g/mol. The van der Waals surface area contributed by atoms with Gasteiger partial charge in [0.1, 0.15) is 0 Å². The van der Waals surface area contributed by atoms with Crippen molar-refractivity contribution in [3.05, 3.63) is 45.9 Å². The molecule has 0 atom stereocenters. The van der Waals surface area contributed by atoms with Gasteiger partial charge in [0.25, 0.3) is 0 Å². The van der Waals surface area contributed by atoms with E-state index in [2.05, 4.69) is 20.7 Å². The van der Waals surface area contributed by atoms with Crippen molar-refractivity contribution in [1.29, 1.82) is 0 Å². The molecule has 0 radical (unpaired) electrons. The molecule has 0 bridgehead atoms. The summed E-state index contributed by atoms with van der Waals surface area (Å²) >= 11 is 1.65. The second-order valence-corrected chi connectivity index (χ2v) is 5.65. The fourth-order valence-corrected chi connectivity index (χ4v) is 2.56. The predicted octanol–water partition coefficient (Wildman–Crippen LogP) is 2.57. The number of aliphatic imine (C=N–C) groups is 1. The Kier molecular flexibility index (Phi) is 5.71. The molecule has 5 nitrogen and oxygen atoms in total. The van der Waals surface area contributed by atoms with Crippen LogP contribution in [-0.4, -0.2) is 24.6 Å². The van der Waals surface area contributed by atoms with Crippen LogP contribution in [0.4, 0.5) is 5.69 Å². The lowest BCUT2D eigenvalue weighted by Gasteiger charge is -2.10. The number of methoxy groups -OCH3 is 1. The minimum atomic E-state index is 0.408. The Hall–Kier alpha value is -1.92. The summed E-state index contributed by atoms with van der Waals surface area (Å²) in [5.41, 5.74) is 8.95. The van der Waals surface area contributed by atoms with Crippen molar-refractivity contribution in [2.45, 2.75) is 20.0 Å². The molecule has 0 fully saturated rings. The number of rotatable bonds is 6. The SMILES string of the molecule is COCc1ccccc1NC(N)=NCCc1csc(C)n1. The number of thiazole rings is 1. The van der Waals surface area contributed by atoms with Gasteiger partial charge in [-0.15, -0.1) is 11.3 Å². The Morgan fingerprint density at radius 2 is 2.24 bits per heavy atom. The maximum absolute atomic E-state index is 5.92. The highest BCUT2D eigenvalue weighted by atomic mass is 32.1. The standard InChI is InChI=1S/C15H20N4OS/c1-11-18-13(10-21-11)7-8-17-15(16)19-14-6-4-3-5-12(14)9-20-2/h3-6,10H,7-9H2,1-2H3,(H3,16,17,19). The molecule has 21 heavy (non-hydrogen) atoms. The molecule has 0 aliphatic rings. The van der Waals surface area contributed by atoms with Crippen molar-refractivity contribution in [3.63, 3.8) is 0 Å². The van der Waals surface area contributed by atoms with E-state index in [-0.39, 0.29) is 0 Å². The van der Waals surface area contributed by atoms with Crippen LogP contribution in [0.5, 0.6) is 0 Å². The van der Waals surface area contributed by atoms with Crippen molar-refractivity contribution in [2.24, 2.45) is 10.7 Å². The van der Waals surface area contributed by atoms with Crippen LogP contribution in [0.2, 0.25) is 0 Å². The number of hydrogen-bond donors (Lipinski definition) is 2. The summed E-state index contributed by atoms with van der Waals surface area (Å²) in [6, 6.07) is 7.88. The van der Waals surface area contributed by atoms with E-state index in [4.69, 9.17) is 10.5 Å². The highest BCUT2D eigenvalue weighted by Crippen LogP contribution is 2.15. The summed E-state index contributed by atoms with van der Waals surface area (Å²) in [7, 11) is 1.67. The van der Waals surface area contributed by atoms with Crippen molar-refractivity contribution in [3.8, 4) is 0 Å². The summed E-state index contributed by atoms with van der Waals surface area (Å²) < 4.78 is 5.16. The van der Waals surface area contributed by atoms with Gasteiger partial charge in [0.2, 0.25) is 0 Å². The molecule has 2 rings (SSSR count). The van der Waals surface area contributed by atoms with Crippen molar-refractivity contribution < 1.29 is 4.74 Å². The lowest BCUT2D eigenvalue weighted by atomic mass is 10.2. The third-order valence-electron chi connectivity index (χ3n) is 2.90. The molecule has 2 aromatic rings. The first-order chi connectivity index (χ1) is 10.2. The molecular formula is C15H20N4OS. The third-order valence-corrected chi connectivity index (χ3v) is 3.72. The van der Waals surface area contributed by atoms with E-state index >= 15 is 0 Å². The fraction of sp³-hybridized carbons (Fsp3) is 0.333. The fourth-order valence-electron chi connectivity index (χ4n) is 1.92. The summed E-state index contributed by atoms with van der Waals surface area (Å²) in [5.74, 6) is 0.408. The van der Waals surface area contributed by atoms with Crippen LogP contribution in [0.3, 0.4) is 0 Å². The number of nitrogens with one attached hydrogen (secondary N) is 1. The monoisotopic (exact) mass is 304 g/mol. The van der Waals surface area contributed by atoms with E-state index in [9.17, 15) is 0 Å². The van der Waals surface area contributed by atoms with Crippen molar-refractivity contribution in [1.82, 2.24) is 4.98 Å². The topological polar surface area (TPSA) is 72.5 Å².